The topological polar surface area (TPSA) is 88.0 Å². The van der Waals surface area contributed by atoms with Gasteiger partial charge in [0.15, 0.2) is 0 Å². The first-order valence-electron chi connectivity index (χ1n) is 5.49. The molecule has 0 saturated carbocycles. The number of pyridine rings is 1. The zero-order valence-corrected chi connectivity index (χ0v) is 9.64. The second kappa shape index (κ2) is 5.29. The maximum atomic E-state index is 11.9. The van der Waals surface area contributed by atoms with E-state index in [4.69, 9.17) is 5.73 Å². The van der Waals surface area contributed by atoms with Crippen molar-refractivity contribution in [3.05, 3.63) is 64.1 Å². The van der Waals surface area contributed by atoms with E-state index >= 15 is 0 Å². The van der Waals surface area contributed by atoms with E-state index in [-0.39, 0.29) is 17.2 Å². The maximum absolute atomic E-state index is 11.9. The van der Waals surface area contributed by atoms with E-state index < -0.39 is 0 Å². The summed E-state index contributed by atoms with van der Waals surface area (Å²) >= 11 is 0. The van der Waals surface area contributed by atoms with Crippen molar-refractivity contribution in [2.24, 2.45) is 5.73 Å². The minimum absolute atomic E-state index is 0.223. The van der Waals surface area contributed by atoms with Gasteiger partial charge in [-0.3, -0.25) is 9.59 Å². The normalized spacial score (nSPS) is 10.1. The molecule has 0 aliphatic rings. The van der Waals surface area contributed by atoms with Crippen LogP contribution in [0.25, 0.3) is 0 Å². The first-order valence-corrected chi connectivity index (χ1v) is 5.49. The molecule has 0 atom stereocenters. The first kappa shape index (κ1) is 12.1. The Morgan fingerprint density at radius 1 is 1.22 bits per heavy atom. The molecule has 2 rings (SSSR count). The van der Waals surface area contributed by atoms with Crippen molar-refractivity contribution in [1.82, 2.24) is 4.98 Å². The van der Waals surface area contributed by atoms with E-state index in [0.717, 1.165) is 5.56 Å². The summed E-state index contributed by atoms with van der Waals surface area (Å²) in [5.41, 5.74) is 7.01. The number of amides is 1. The van der Waals surface area contributed by atoms with Gasteiger partial charge in [-0.15, -0.1) is 0 Å². The molecule has 1 aromatic carbocycles. The Bertz CT molecular complexity index is 619. The maximum Gasteiger partial charge on any atom is 0.272 e. The molecule has 0 unspecified atom stereocenters. The molecule has 0 spiro atoms. The summed E-state index contributed by atoms with van der Waals surface area (Å²) in [5.74, 6) is -0.359. The standard InChI is InChI=1S/C13H13N3O2/c14-8-9-3-1-4-10(7-9)15-13(18)11-5-2-6-12(17)16-11/h1-7H,8,14H2,(H,15,18)(H,16,17). The third-order valence-corrected chi connectivity index (χ3v) is 2.43. The van der Waals surface area contributed by atoms with E-state index in [1.165, 1.54) is 12.1 Å². The average Bonchev–Trinajstić information content (AvgIpc) is 2.39. The molecule has 0 fully saturated rings. The summed E-state index contributed by atoms with van der Waals surface area (Å²) in [7, 11) is 0. The summed E-state index contributed by atoms with van der Waals surface area (Å²) in [5, 5.41) is 2.70. The molecule has 5 nitrogen and oxygen atoms in total. The fourth-order valence-corrected chi connectivity index (χ4v) is 1.55. The van der Waals surface area contributed by atoms with Crippen LogP contribution >= 0.6 is 0 Å². The number of nitrogens with two attached hydrogens (primary N) is 1. The average molecular weight is 243 g/mol. The zero-order chi connectivity index (χ0) is 13.0. The number of rotatable bonds is 3. The van der Waals surface area contributed by atoms with Crippen LogP contribution < -0.4 is 16.6 Å². The Labute approximate surface area is 104 Å². The van der Waals surface area contributed by atoms with Crippen LogP contribution in [0.5, 0.6) is 0 Å². The van der Waals surface area contributed by atoms with Gasteiger partial charge in [-0.05, 0) is 23.8 Å². The fraction of sp³-hybridized carbons (Fsp3) is 0.0769. The van der Waals surface area contributed by atoms with E-state index in [1.54, 1.807) is 18.2 Å². The lowest BCUT2D eigenvalue weighted by atomic mass is 10.2. The monoisotopic (exact) mass is 243 g/mol. The molecule has 0 radical (unpaired) electrons. The quantitative estimate of drug-likeness (QED) is 0.753. The summed E-state index contributed by atoms with van der Waals surface area (Å²) in [4.78, 5) is 25.4. The van der Waals surface area contributed by atoms with Crippen molar-refractivity contribution in [1.29, 1.82) is 0 Å². The number of aromatic amines is 1. The summed E-state index contributed by atoms with van der Waals surface area (Å²) in [6, 6.07) is 11.7. The van der Waals surface area contributed by atoms with Gasteiger partial charge in [0.25, 0.3) is 5.91 Å². The van der Waals surface area contributed by atoms with Crippen LogP contribution in [0.15, 0.2) is 47.3 Å². The number of nitrogens with one attached hydrogen (secondary N) is 2. The Morgan fingerprint density at radius 2 is 2.00 bits per heavy atom. The summed E-state index contributed by atoms with van der Waals surface area (Å²) in [6.45, 7) is 0.409. The molecule has 0 saturated heterocycles. The van der Waals surface area contributed by atoms with Crippen molar-refractivity contribution in [2.75, 3.05) is 5.32 Å². The Balaban J connectivity index is 2.18. The third-order valence-electron chi connectivity index (χ3n) is 2.43. The summed E-state index contributed by atoms with van der Waals surface area (Å²) < 4.78 is 0. The number of carbonyl (C=O) groups excluding carboxylic acids is 1. The fourth-order valence-electron chi connectivity index (χ4n) is 1.55. The molecule has 92 valence electrons. The number of benzene rings is 1. The van der Waals surface area contributed by atoms with Crippen LogP contribution in [0.1, 0.15) is 16.1 Å². The van der Waals surface area contributed by atoms with Crippen LogP contribution in [-0.2, 0) is 6.54 Å². The predicted octanol–water partition coefficient (Wildman–Crippen LogP) is 1.09. The molecule has 5 heteroatoms. The molecule has 18 heavy (non-hydrogen) atoms. The molecular weight excluding hydrogens is 230 g/mol. The zero-order valence-electron chi connectivity index (χ0n) is 9.64. The van der Waals surface area contributed by atoms with Crippen molar-refractivity contribution in [3.8, 4) is 0 Å². The number of aromatic nitrogens is 1. The number of anilines is 1. The van der Waals surface area contributed by atoms with E-state index in [1.807, 2.05) is 12.1 Å². The lowest BCUT2D eigenvalue weighted by Crippen LogP contribution is -2.18. The van der Waals surface area contributed by atoms with E-state index in [2.05, 4.69) is 10.3 Å². The highest BCUT2D eigenvalue weighted by atomic mass is 16.2. The molecule has 2 aromatic rings. The second-order valence-corrected chi connectivity index (χ2v) is 3.79. The molecule has 0 aliphatic heterocycles. The number of carbonyl (C=O) groups is 1. The number of hydrogen-bond acceptors (Lipinski definition) is 3. The van der Waals surface area contributed by atoms with Gasteiger partial charge >= 0.3 is 0 Å². The highest BCUT2D eigenvalue weighted by Crippen LogP contribution is 2.11. The van der Waals surface area contributed by atoms with Crippen molar-refractivity contribution < 1.29 is 4.79 Å². The molecule has 1 aromatic heterocycles. The molecule has 0 aliphatic carbocycles. The van der Waals surface area contributed by atoms with Gasteiger partial charge in [0.05, 0.1) is 0 Å². The molecular formula is C13H13N3O2. The largest absolute Gasteiger partial charge is 0.326 e. The van der Waals surface area contributed by atoms with Crippen molar-refractivity contribution in [3.63, 3.8) is 0 Å². The van der Waals surface area contributed by atoms with Crippen molar-refractivity contribution >= 4 is 11.6 Å². The SMILES string of the molecule is NCc1cccc(NC(=O)c2cccc(=O)[nH]2)c1. The van der Waals surface area contributed by atoms with Crippen LogP contribution in [0.4, 0.5) is 5.69 Å². The van der Waals surface area contributed by atoms with Crippen LogP contribution in [-0.4, -0.2) is 10.9 Å². The van der Waals surface area contributed by atoms with Crippen LogP contribution in [0, 0.1) is 0 Å². The Kier molecular flexibility index (Phi) is 3.54. The van der Waals surface area contributed by atoms with E-state index in [0.29, 0.717) is 12.2 Å². The lowest BCUT2D eigenvalue weighted by Gasteiger charge is -2.06. The van der Waals surface area contributed by atoms with Gasteiger partial charge in [-0.2, -0.15) is 0 Å². The molecule has 1 amide bonds. The van der Waals surface area contributed by atoms with Crippen molar-refractivity contribution in [2.45, 2.75) is 6.54 Å². The lowest BCUT2D eigenvalue weighted by molar-refractivity contribution is 0.102. The van der Waals surface area contributed by atoms with E-state index in [9.17, 15) is 9.59 Å². The molecule has 4 N–H and O–H groups in total. The van der Waals surface area contributed by atoms with Gasteiger partial charge < -0.3 is 16.0 Å². The van der Waals surface area contributed by atoms with Gasteiger partial charge in [-0.25, -0.2) is 0 Å². The van der Waals surface area contributed by atoms with Gasteiger partial charge in [0.2, 0.25) is 5.56 Å². The molecule has 0 bridgehead atoms. The van der Waals surface area contributed by atoms with Gasteiger partial charge in [0.1, 0.15) is 5.69 Å². The van der Waals surface area contributed by atoms with Crippen LogP contribution in [0.3, 0.4) is 0 Å². The smallest absolute Gasteiger partial charge is 0.272 e. The number of H-pyrrole nitrogens is 1. The predicted molar refractivity (Wildman–Crippen MR) is 69.3 cm³/mol. The van der Waals surface area contributed by atoms with Gasteiger partial charge in [0, 0.05) is 18.3 Å². The minimum atomic E-state index is -0.359. The highest BCUT2D eigenvalue weighted by molar-refractivity contribution is 6.02. The minimum Gasteiger partial charge on any atom is -0.326 e. The first-order chi connectivity index (χ1) is 8.69. The highest BCUT2D eigenvalue weighted by Gasteiger charge is 2.06. The second-order valence-electron chi connectivity index (χ2n) is 3.79. The molecule has 1 heterocycles. The Morgan fingerprint density at radius 3 is 2.72 bits per heavy atom. The Hall–Kier alpha value is -2.40. The third kappa shape index (κ3) is 2.83. The number of hydrogen-bond donors (Lipinski definition) is 3. The van der Waals surface area contributed by atoms with Gasteiger partial charge in [-0.1, -0.05) is 18.2 Å². The van der Waals surface area contributed by atoms with Crippen LogP contribution in [0.2, 0.25) is 0 Å². The summed E-state index contributed by atoms with van der Waals surface area (Å²) in [6.07, 6.45) is 0.